The summed E-state index contributed by atoms with van der Waals surface area (Å²) in [6.07, 6.45) is -5.32. The van der Waals surface area contributed by atoms with Crippen molar-refractivity contribution in [2.75, 3.05) is 17.0 Å². The van der Waals surface area contributed by atoms with E-state index in [1.807, 2.05) is 37.3 Å². The van der Waals surface area contributed by atoms with Gasteiger partial charge in [-0.15, -0.1) is 5.10 Å². The van der Waals surface area contributed by atoms with Gasteiger partial charge in [-0.25, -0.2) is 5.01 Å². The number of anilines is 2. The Balaban J connectivity index is 1.97. The lowest BCUT2D eigenvalue weighted by Crippen LogP contribution is -2.38. The second kappa shape index (κ2) is 9.13. The number of rotatable bonds is 5. The van der Waals surface area contributed by atoms with E-state index in [2.05, 4.69) is 21.0 Å². The van der Waals surface area contributed by atoms with Crippen LogP contribution in [0.15, 0.2) is 76.3 Å². The number of methoxy groups -OCH3 is 1. The molecule has 1 aliphatic heterocycles. The van der Waals surface area contributed by atoms with E-state index in [0.717, 1.165) is 22.2 Å². The van der Waals surface area contributed by atoms with Crippen LogP contribution in [0.2, 0.25) is 0 Å². The average molecular weight is 532 g/mol. The summed E-state index contributed by atoms with van der Waals surface area (Å²) in [6, 6.07) is 17.7. The van der Waals surface area contributed by atoms with Gasteiger partial charge in [0.1, 0.15) is 5.75 Å². The van der Waals surface area contributed by atoms with E-state index in [4.69, 9.17) is 4.74 Å². The van der Waals surface area contributed by atoms with Crippen molar-refractivity contribution in [3.8, 4) is 5.75 Å². The van der Waals surface area contributed by atoms with Crippen molar-refractivity contribution in [1.82, 2.24) is 0 Å². The average Bonchev–Trinajstić information content (AvgIpc) is 3.20. The molecule has 5 nitrogen and oxygen atoms in total. The first kappa shape index (κ1) is 23.8. The molecule has 3 aromatic rings. The Kier molecular flexibility index (Phi) is 6.40. The number of hydrogen-bond donors (Lipinski definition) is 0. The molecule has 0 fully saturated rings. The number of alkyl halides is 3. The van der Waals surface area contributed by atoms with Gasteiger partial charge < -0.3 is 4.74 Å². The fraction of sp³-hybridized carbons (Fsp3) is 0.200. The van der Waals surface area contributed by atoms with Crippen LogP contribution in [0.5, 0.6) is 5.75 Å². The molecule has 0 spiro atoms. The van der Waals surface area contributed by atoms with Gasteiger partial charge in [0.2, 0.25) is 0 Å². The van der Waals surface area contributed by atoms with Gasteiger partial charge in [-0.3, -0.25) is 9.69 Å². The molecular formula is C25H21BrF3N3O2. The number of halogens is 4. The van der Waals surface area contributed by atoms with Crippen LogP contribution in [0, 0.1) is 6.92 Å². The number of amidine groups is 1. The van der Waals surface area contributed by atoms with Crippen molar-refractivity contribution >= 4 is 38.9 Å². The molecule has 176 valence electrons. The van der Waals surface area contributed by atoms with Crippen molar-refractivity contribution in [2.45, 2.75) is 26.2 Å². The van der Waals surface area contributed by atoms with Crippen LogP contribution in [-0.2, 0) is 11.0 Å². The van der Waals surface area contributed by atoms with Gasteiger partial charge in [-0.05, 0) is 55.5 Å². The summed E-state index contributed by atoms with van der Waals surface area (Å²) in [5.41, 5.74) is 1.69. The smallest absolute Gasteiger partial charge is 0.416 e. The fourth-order valence-corrected chi connectivity index (χ4v) is 4.22. The Hall–Kier alpha value is -3.33. The summed E-state index contributed by atoms with van der Waals surface area (Å²) in [4.78, 5) is 14.2. The van der Waals surface area contributed by atoms with Crippen molar-refractivity contribution in [3.05, 3.63) is 87.9 Å². The minimum atomic E-state index is -4.54. The number of carbonyl (C=O) groups is 1. The number of hydrogen-bond acceptors (Lipinski definition) is 5. The molecule has 0 amide bonds. The standard InChI is InChI=1S/C25H21BrF3N3O2/c1-15-7-10-19(11-8-15)32-24(21-14-18(26)9-12-22(21)34-3)31(23(30-32)16(2)33)20-6-4-5-17(13-20)25(27,28)29/h4-14,24H,1-3H3/t24-/m0/s1. The molecule has 0 radical (unpaired) electrons. The summed E-state index contributed by atoms with van der Waals surface area (Å²) < 4.78 is 46.9. The number of Topliss-reactive ketones (excluding diaryl/α,β-unsaturated/α-hetero) is 1. The van der Waals surface area contributed by atoms with Crippen molar-refractivity contribution in [1.29, 1.82) is 0 Å². The maximum absolute atomic E-state index is 13.5. The molecular weight excluding hydrogens is 511 g/mol. The molecule has 0 aliphatic carbocycles. The topological polar surface area (TPSA) is 45.1 Å². The molecule has 9 heteroatoms. The molecule has 1 aliphatic rings. The van der Waals surface area contributed by atoms with Gasteiger partial charge in [0.15, 0.2) is 17.8 Å². The Morgan fingerprint density at radius 1 is 1.03 bits per heavy atom. The molecule has 34 heavy (non-hydrogen) atoms. The van der Waals surface area contributed by atoms with Crippen molar-refractivity contribution in [2.24, 2.45) is 5.10 Å². The van der Waals surface area contributed by atoms with E-state index in [1.54, 1.807) is 17.1 Å². The highest BCUT2D eigenvalue weighted by molar-refractivity contribution is 9.10. The molecule has 0 N–H and O–H groups in total. The Labute approximate surface area is 203 Å². The zero-order chi connectivity index (χ0) is 24.6. The van der Waals surface area contributed by atoms with Crippen molar-refractivity contribution < 1.29 is 22.7 Å². The number of carbonyl (C=O) groups excluding carboxylic acids is 1. The Morgan fingerprint density at radius 2 is 1.74 bits per heavy atom. The first-order valence-corrected chi connectivity index (χ1v) is 11.1. The van der Waals surface area contributed by atoms with Gasteiger partial charge in [-0.1, -0.05) is 39.7 Å². The second-order valence-electron chi connectivity index (χ2n) is 7.84. The van der Waals surface area contributed by atoms with E-state index in [-0.39, 0.29) is 17.3 Å². The fourth-order valence-electron chi connectivity index (χ4n) is 3.84. The number of ether oxygens (including phenoxy) is 1. The van der Waals surface area contributed by atoms with Gasteiger partial charge in [0.25, 0.3) is 0 Å². The van der Waals surface area contributed by atoms with Crippen LogP contribution in [0.3, 0.4) is 0 Å². The maximum Gasteiger partial charge on any atom is 0.416 e. The van der Waals surface area contributed by atoms with E-state index in [0.29, 0.717) is 17.0 Å². The monoisotopic (exact) mass is 531 g/mol. The molecule has 4 rings (SSSR count). The molecule has 3 aromatic carbocycles. The summed E-state index contributed by atoms with van der Waals surface area (Å²) in [7, 11) is 1.51. The predicted molar refractivity (Wildman–Crippen MR) is 129 cm³/mol. The quantitative estimate of drug-likeness (QED) is 0.367. The zero-order valence-corrected chi connectivity index (χ0v) is 20.2. The van der Waals surface area contributed by atoms with Crippen LogP contribution in [0.1, 0.15) is 29.8 Å². The van der Waals surface area contributed by atoms with E-state index >= 15 is 0 Å². The zero-order valence-electron chi connectivity index (χ0n) is 18.6. The molecule has 1 heterocycles. The van der Waals surface area contributed by atoms with E-state index in [1.165, 1.54) is 31.1 Å². The number of nitrogens with zero attached hydrogens (tertiary/aromatic N) is 3. The number of aryl methyl sites for hydroxylation is 1. The van der Waals surface area contributed by atoms with Gasteiger partial charge in [0, 0.05) is 22.6 Å². The first-order valence-electron chi connectivity index (χ1n) is 10.4. The molecule has 0 saturated heterocycles. The number of hydrazone groups is 1. The van der Waals surface area contributed by atoms with E-state index in [9.17, 15) is 18.0 Å². The van der Waals surface area contributed by atoms with Crippen molar-refractivity contribution in [3.63, 3.8) is 0 Å². The molecule has 1 atom stereocenters. The third-order valence-electron chi connectivity index (χ3n) is 5.44. The lowest BCUT2D eigenvalue weighted by atomic mass is 10.1. The highest BCUT2D eigenvalue weighted by Gasteiger charge is 2.41. The highest BCUT2D eigenvalue weighted by Crippen LogP contribution is 2.44. The number of benzene rings is 3. The SMILES string of the molecule is COc1ccc(Br)cc1[C@@H]1N(c2ccc(C)cc2)N=C(C(C)=O)N1c1cccc(C(F)(F)F)c1. The Morgan fingerprint density at radius 3 is 2.35 bits per heavy atom. The lowest BCUT2D eigenvalue weighted by Gasteiger charge is -2.33. The summed E-state index contributed by atoms with van der Waals surface area (Å²) >= 11 is 3.47. The highest BCUT2D eigenvalue weighted by atomic mass is 79.9. The largest absolute Gasteiger partial charge is 0.496 e. The minimum Gasteiger partial charge on any atom is -0.496 e. The summed E-state index contributed by atoms with van der Waals surface area (Å²) in [5, 5.41) is 6.20. The molecule has 0 unspecified atom stereocenters. The van der Waals surface area contributed by atoms with Crippen LogP contribution in [0.25, 0.3) is 0 Å². The van der Waals surface area contributed by atoms with Gasteiger partial charge >= 0.3 is 6.18 Å². The van der Waals surface area contributed by atoms with Crippen LogP contribution in [-0.4, -0.2) is 18.7 Å². The van der Waals surface area contributed by atoms with Crippen LogP contribution < -0.4 is 14.6 Å². The van der Waals surface area contributed by atoms with Crippen LogP contribution >= 0.6 is 15.9 Å². The number of ketones is 1. The van der Waals surface area contributed by atoms with Gasteiger partial charge in [0.05, 0.1) is 18.4 Å². The Bertz CT molecular complexity index is 1260. The van der Waals surface area contributed by atoms with Gasteiger partial charge in [-0.2, -0.15) is 13.2 Å². The predicted octanol–water partition coefficient (Wildman–Crippen LogP) is 6.71. The molecule has 0 aromatic heterocycles. The third kappa shape index (κ3) is 4.52. The second-order valence-corrected chi connectivity index (χ2v) is 8.75. The lowest BCUT2D eigenvalue weighted by molar-refractivity contribution is -0.137. The van der Waals surface area contributed by atoms with E-state index < -0.39 is 17.9 Å². The summed E-state index contributed by atoms with van der Waals surface area (Å²) in [5.74, 6) is 0.139. The summed E-state index contributed by atoms with van der Waals surface area (Å²) in [6.45, 7) is 3.29. The molecule has 0 bridgehead atoms. The molecule has 0 saturated carbocycles. The first-order chi connectivity index (χ1) is 16.1. The normalized spacial score (nSPS) is 16.0. The minimum absolute atomic E-state index is 0.0203. The third-order valence-corrected chi connectivity index (χ3v) is 5.94. The van der Waals surface area contributed by atoms with Crippen LogP contribution in [0.4, 0.5) is 24.5 Å². The maximum atomic E-state index is 13.5.